The number of para-hydroxylation sites is 4. The van der Waals surface area contributed by atoms with E-state index in [1.165, 1.54) is 16.7 Å². The Balaban J connectivity index is 1.41. The molecule has 9 rings (SSSR count). The van der Waals surface area contributed by atoms with Gasteiger partial charge in [0.15, 0.2) is 0 Å². The molecule has 2 aromatic heterocycles. The zero-order chi connectivity index (χ0) is 36.9. The average molecular weight is 700 g/mol. The van der Waals surface area contributed by atoms with Crippen LogP contribution in [0.5, 0.6) is 0 Å². The smallest absolute Gasteiger partial charge is 0.111 e. The lowest BCUT2D eigenvalue weighted by Crippen LogP contribution is -2.18. The quantitative estimate of drug-likeness (QED) is 0.166. The Morgan fingerprint density at radius 2 is 0.778 bits per heavy atom. The molecule has 0 amide bonds. The van der Waals surface area contributed by atoms with Gasteiger partial charge >= 0.3 is 0 Å². The number of hydrogen-bond donors (Lipinski definition) is 0. The number of aryl methyl sites for hydroxylation is 2. The number of anilines is 3. The molecule has 9 aromatic rings. The predicted octanol–water partition coefficient (Wildman–Crippen LogP) is 12.7. The summed E-state index contributed by atoms with van der Waals surface area (Å²) in [6, 6.07) is 56.0. The highest BCUT2D eigenvalue weighted by Crippen LogP contribution is 2.47. The van der Waals surface area contributed by atoms with Crippen LogP contribution in [0, 0.1) is 34.6 Å². The first-order chi connectivity index (χ1) is 26.4. The van der Waals surface area contributed by atoms with E-state index in [9.17, 15) is 0 Å². The Hall–Kier alpha value is -6.72. The molecular weight excluding hydrogens is 659 g/mol. The molecule has 262 valence electrons. The second kappa shape index (κ2) is 13.4. The molecule has 0 aliphatic rings. The summed E-state index contributed by atoms with van der Waals surface area (Å²) in [5, 5.41) is 0. The molecule has 0 aliphatic carbocycles. The first-order valence-corrected chi connectivity index (χ1v) is 18.5. The summed E-state index contributed by atoms with van der Waals surface area (Å²) in [7, 11) is 0. The zero-order valence-corrected chi connectivity index (χ0v) is 31.2. The molecule has 7 aromatic carbocycles. The van der Waals surface area contributed by atoms with Gasteiger partial charge in [0.2, 0.25) is 0 Å². The minimum atomic E-state index is 0.944. The molecular formula is C49H41N5. The number of hydrogen-bond acceptors (Lipinski definition) is 3. The minimum absolute atomic E-state index is 0.944. The van der Waals surface area contributed by atoms with Crippen LogP contribution in [0.15, 0.2) is 158 Å². The number of aromatic nitrogens is 4. The number of nitrogens with zero attached hydrogens (tertiary/aromatic N) is 5. The van der Waals surface area contributed by atoms with Crippen molar-refractivity contribution >= 4 is 39.1 Å². The van der Waals surface area contributed by atoms with Crippen molar-refractivity contribution in [3.8, 4) is 33.6 Å². The van der Waals surface area contributed by atoms with Crippen LogP contribution in [-0.2, 0) is 0 Å². The van der Waals surface area contributed by atoms with E-state index in [0.29, 0.717) is 0 Å². The monoisotopic (exact) mass is 699 g/mol. The van der Waals surface area contributed by atoms with E-state index in [0.717, 1.165) is 84.4 Å². The lowest BCUT2D eigenvalue weighted by molar-refractivity contribution is 0.938. The van der Waals surface area contributed by atoms with E-state index in [1.54, 1.807) is 0 Å². The molecule has 0 aliphatic heterocycles. The van der Waals surface area contributed by atoms with Gasteiger partial charge in [0.05, 0.1) is 39.1 Å². The minimum Gasteiger partial charge on any atom is -0.310 e. The second-order valence-corrected chi connectivity index (χ2v) is 14.1. The summed E-state index contributed by atoms with van der Waals surface area (Å²) in [6.07, 6.45) is 0. The molecule has 5 nitrogen and oxygen atoms in total. The number of imidazole rings is 2. The fourth-order valence-corrected chi connectivity index (χ4v) is 8.36. The van der Waals surface area contributed by atoms with Gasteiger partial charge in [-0.05, 0) is 122 Å². The van der Waals surface area contributed by atoms with Crippen molar-refractivity contribution < 1.29 is 0 Å². The fourth-order valence-electron chi connectivity index (χ4n) is 8.36. The SMILES string of the molecule is Cc1c(N(c2cccc(-c3ccccc3)c2)c2cccc(-c3ccccc3)c2)c(C)c(-n2c(C)nc3ccccc32)c(C)c1-n1c(C)nc2ccccc21. The summed E-state index contributed by atoms with van der Waals surface area (Å²) >= 11 is 0. The van der Waals surface area contributed by atoms with E-state index in [4.69, 9.17) is 9.97 Å². The zero-order valence-electron chi connectivity index (χ0n) is 31.2. The normalized spacial score (nSPS) is 11.4. The molecule has 0 saturated heterocycles. The van der Waals surface area contributed by atoms with Gasteiger partial charge in [-0.1, -0.05) is 109 Å². The molecule has 0 spiro atoms. The maximum absolute atomic E-state index is 5.07. The van der Waals surface area contributed by atoms with E-state index >= 15 is 0 Å². The van der Waals surface area contributed by atoms with Gasteiger partial charge in [0, 0.05) is 11.4 Å². The third kappa shape index (κ3) is 5.48. The van der Waals surface area contributed by atoms with Crippen molar-refractivity contribution in [2.24, 2.45) is 0 Å². The highest BCUT2D eigenvalue weighted by molar-refractivity contribution is 5.91. The molecule has 2 heterocycles. The van der Waals surface area contributed by atoms with E-state index in [-0.39, 0.29) is 0 Å². The van der Waals surface area contributed by atoms with E-state index in [1.807, 2.05) is 0 Å². The summed E-state index contributed by atoms with van der Waals surface area (Å²) in [4.78, 5) is 12.6. The largest absolute Gasteiger partial charge is 0.310 e. The molecule has 0 radical (unpaired) electrons. The van der Waals surface area contributed by atoms with Crippen molar-refractivity contribution in [1.29, 1.82) is 0 Å². The highest BCUT2D eigenvalue weighted by atomic mass is 15.2. The van der Waals surface area contributed by atoms with Crippen LogP contribution in [0.3, 0.4) is 0 Å². The lowest BCUT2D eigenvalue weighted by Gasteiger charge is -2.33. The van der Waals surface area contributed by atoms with Gasteiger partial charge in [-0.25, -0.2) is 9.97 Å². The van der Waals surface area contributed by atoms with Crippen LogP contribution in [-0.4, -0.2) is 19.1 Å². The second-order valence-electron chi connectivity index (χ2n) is 14.1. The Morgan fingerprint density at radius 1 is 0.389 bits per heavy atom. The molecule has 0 atom stereocenters. The summed E-state index contributed by atoms with van der Waals surface area (Å²) in [5.41, 5.74) is 17.8. The predicted molar refractivity (Wildman–Crippen MR) is 225 cm³/mol. The lowest BCUT2D eigenvalue weighted by atomic mass is 9.95. The Morgan fingerprint density at radius 3 is 1.22 bits per heavy atom. The van der Waals surface area contributed by atoms with Crippen LogP contribution >= 0.6 is 0 Å². The van der Waals surface area contributed by atoms with Crippen LogP contribution in [0.4, 0.5) is 17.1 Å². The standard InChI is InChI=1S/C49H41N5/c1-32-47(52-35(4)50-43-26-12-14-28-45(43)52)33(2)49(34(3)48(32)53-36(5)51-44-27-13-15-29-46(44)53)54(41-24-16-22-39(30-41)37-18-8-6-9-19-37)42-25-17-23-40(31-42)38-20-10-7-11-21-38/h6-31H,1-5H3. The van der Waals surface area contributed by atoms with Gasteiger partial charge in [-0.15, -0.1) is 0 Å². The first-order valence-electron chi connectivity index (χ1n) is 18.5. The third-order valence-electron chi connectivity index (χ3n) is 10.7. The van der Waals surface area contributed by atoms with Crippen LogP contribution in [0.1, 0.15) is 28.3 Å². The fraction of sp³-hybridized carbons (Fsp3) is 0.102. The van der Waals surface area contributed by atoms with Crippen LogP contribution in [0.25, 0.3) is 55.7 Å². The Bertz CT molecular complexity index is 2640. The summed E-state index contributed by atoms with van der Waals surface area (Å²) < 4.78 is 4.69. The molecule has 5 heteroatoms. The van der Waals surface area contributed by atoms with E-state index < -0.39 is 0 Å². The maximum Gasteiger partial charge on any atom is 0.111 e. The molecule has 0 N–H and O–H groups in total. The Kier molecular flexibility index (Phi) is 8.20. The van der Waals surface area contributed by atoms with Crippen molar-refractivity contribution in [3.05, 3.63) is 186 Å². The van der Waals surface area contributed by atoms with E-state index in [2.05, 4.69) is 206 Å². The Labute approximate surface area is 316 Å². The van der Waals surface area contributed by atoms with Crippen molar-refractivity contribution in [2.45, 2.75) is 34.6 Å². The first kappa shape index (κ1) is 33.1. The van der Waals surface area contributed by atoms with Crippen LogP contribution < -0.4 is 4.90 Å². The van der Waals surface area contributed by atoms with Gasteiger partial charge in [0.1, 0.15) is 11.6 Å². The molecule has 0 unspecified atom stereocenters. The molecule has 54 heavy (non-hydrogen) atoms. The average Bonchev–Trinajstić information content (AvgIpc) is 3.72. The number of fused-ring (bicyclic) bond motifs is 2. The van der Waals surface area contributed by atoms with Crippen molar-refractivity contribution in [3.63, 3.8) is 0 Å². The third-order valence-corrected chi connectivity index (χ3v) is 10.7. The van der Waals surface area contributed by atoms with Gasteiger partial charge in [-0.2, -0.15) is 0 Å². The molecule has 0 fully saturated rings. The summed E-state index contributed by atoms with van der Waals surface area (Å²) in [6.45, 7) is 11.0. The van der Waals surface area contributed by atoms with Gasteiger partial charge in [-0.3, -0.25) is 9.13 Å². The highest BCUT2D eigenvalue weighted by Gasteiger charge is 2.28. The topological polar surface area (TPSA) is 38.9 Å². The number of rotatable bonds is 7. The number of benzene rings is 7. The molecule has 0 saturated carbocycles. The van der Waals surface area contributed by atoms with Crippen molar-refractivity contribution in [2.75, 3.05) is 4.90 Å². The summed E-state index contributed by atoms with van der Waals surface area (Å²) in [5.74, 6) is 1.89. The van der Waals surface area contributed by atoms with Crippen molar-refractivity contribution in [1.82, 2.24) is 19.1 Å². The van der Waals surface area contributed by atoms with Gasteiger partial charge in [0.25, 0.3) is 0 Å². The van der Waals surface area contributed by atoms with Crippen LogP contribution in [0.2, 0.25) is 0 Å². The van der Waals surface area contributed by atoms with Gasteiger partial charge < -0.3 is 4.90 Å². The molecule has 0 bridgehead atoms. The maximum atomic E-state index is 5.07.